The molecule has 1 saturated heterocycles. The van der Waals surface area contributed by atoms with Gasteiger partial charge in [-0.3, -0.25) is 4.79 Å². The number of nitrogens with two attached hydrogens (primary N) is 1. The van der Waals surface area contributed by atoms with Crippen LogP contribution in [0.4, 0.5) is 4.39 Å². The first-order valence-electron chi connectivity index (χ1n) is 11.0. The maximum absolute atomic E-state index is 13.4. The van der Waals surface area contributed by atoms with Crippen molar-refractivity contribution in [1.82, 2.24) is 15.5 Å². The predicted octanol–water partition coefficient (Wildman–Crippen LogP) is 2.74. The van der Waals surface area contributed by atoms with Crippen LogP contribution < -0.4 is 21.1 Å². The van der Waals surface area contributed by atoms with Crippen molar-refractivity contribution >= 4 is 35.8 Å². The van der Waals surface area contributed by atoms with Gasteiger partial charge in [-0.25, -0.2) is 9.38 Å². The number of rotatable bonds is 11. The number of primary amides is 1. The number of carbonyl (C=O) groups is 1. The Morgan fingerprint density at radius 3 is 2.87 bits per heavy atom. The van der Waals surface area contributed by atoms with Crippen LogP contribution in [0, 0.1) is 11.7 Å². The maximum atomic E-state index is 13.4. The molecule has 7 nitrogen and oxygen atoms in total. The van der Waals surface area contributed by atoms with Gasteiger partial charge in [0.15, 0.2) is 5.96 Å². The zero-order valence-corrected chi connectivity index (χ0v) is 20.9. The largest absolute Gasteiger partial charge is 0.488 e. The van der Waals surface area contributed by atoms with Crippen molar-refractivity contribution in [3.63, 3.8) is 0 Å². The third-order valence-electron chi connectivity index (χ3n) is 5.20. The van der Waals surface area contributed by atoms with Gasteiger partial charge in [-0.1, -0.05) is 13.0 Å². The molecule has 1 aromatic carbocycles. The quantitative estimate of drug-likeness (QED) is 0.171. The molecule has 2 atom stereocenters. The first-order chi connectivity index (χ1) is 14.5. The van der Waals surface area contributed by atoms with Gasteiger partial charge in [-0.05, 0) is 57.8 Å². The summed E-state index contributed by atoms with van der Waals surface area (Å²) in [7, 11) is 0. The van der Waals surface area contributed by atoms with Crippen molar-refractivity contribution in [3.8, 4) is 5.75 Å². The molecular formula is C22H37FIN5O2. The highest BCUT2D eigenvalue weighted by Crippen LogP contribution is 2.16. The molecule has 2 rings (SSSR count). The highest BCUT2D eigenvalue weighted by molar-refractivity contribution is 14.0. The number of benzene rings is 1. The Kier molecular flexibility index (Phi) is 13.5. The third-order valence-corrected chi connectivity index (χ3v) is 5.20. The number of amides is 1. The molecule has 1 aliphatic rings. The summed E-state index contributed by atoms with van der Waals surface area (Å²) in [6.07, 6.45) is 3.52. The standard InChI is InChI=1S/C22H36FN5O2.HI/c1-3-19(30-20-10-5-9-18(23)14-20)15-27-22(25-4-2)26-11-7-13-28-12-6-8-17(16-28)21(24)29;/h5,9-10,14,17,19H,3-4,6-8,11-13,15-16H2,1-2H3,(H2,24,29)(H2,25,26,27);1H. The molecular weight excluding hydrogens is 512 g/mol. The summed E-state index contributed by atoms with van der Waals surface area (Å²) in [5.41, 5.74) is 5.45. The molecule has 0 spiro atoms. The molecule has 0 aliphatic carbocycles. The maximum Gasteiger partial charge on any atom is 0.221 e. The zero-order chi connectivity index (χ0) is 21.8. The van der Waals surface area contributed by atoms with Crippen molar-refractivity contribution < 1.29 is 13.9 Å². The summed E-state index contributed by atoms with van der Waals surface area (Å²) >= 11 is 0. The second-order valence-electron chi connectivity index (χ2n) is 7.65. The summed E-state index contributed by atoms with van der Waals surface area (Å²) in [4.78, 5) is 18.3. The van der Waals surface area contributed by atoms with Gasteiger partial charge < -0.3 is 26.0 Å². The van der Waals surface area contributed by atoms with Gasteiger partial charge in [0.25, 0.3) is 0 Å². The Morgan fingerprint density at radius 1 is 1.39 bits per heavy atom. The number of piperidine rings is 1. The van der Waals surface area contributed by atoms with E-state index in [2.05, 4.69) is 20.5 Å². The van der Waals surface area contributed by atoms with Gasteiger partial charge in [-0.15, -0.1) is 24.0 Å². The predicted molar refractivity (Wildman–Crippen MR) is 133 cm³/mol. The van der Waals surface area contributed by atoms with Crippen LogP contribution in [0.3, 0.4) is 0 Å². The normalized spacial score (nSPS) is 18.0. The van der Waals surface area contributed by atoms with Gasteiger partial charge in [0.05, 0.1) is 12.5 Å². The second-order valence-corrected chi connectivity index (χ2v) is 7.65. The number of carbonyl (C=O) groups excluding carboxylic acids is 1. The van der Waals surface area contributed by atoms with Crippen LogP contribution in [0.25, 0.3) is 0 Å². The molecule has 4 N–H and O–H groups in total. The van der Waals surface area contributed by atoms with E-state index >= 15 is 0 Å². The van der Waals surface area contributed by atoms with Crippen molar-refractivity contribution in [2.24, 2.45) is 16.6 Å². The number of aliphatic imine (C=N–C) groups is 1. The molecule has 176 valence electrons. The van der Waals surface area contributed by atoms with Gasteiger partial charge in [0.2, 0.25) is 5.91 Å². The smallest absolute Gasteiger partial charge is 0.221 e. The van der Waals surface area contributed by atoms with Crippen molar-refractivity contribution in [2.45, 2.75) is 45.6 Å². The Bertz CT molecular complexity index is 692. The minimum Gasteiger partial charge on any atom is -0.488 e. The molecule has 2 unspecified atom stereocenters. The summed E-state index contributed by atoms with van der Waals surface area (Å²) in [5.74, 6) is 0.745. The molecule has 0 saturated carbocycles. The van der Waals surface area contributed by atoms with Crippen LogP contribution in [-0.2, 0) is 4.79 Å². The van der Waals surface area contributed by atoms with Crippen LogP contribution in [0.15, 0.2) is 29.3 Å². The van der Waals surface area contributed by atoms with Crippen LogP contribution in [0.5, 0.6) is 5.75 Å². The van der Waals surface area contributed by atoms with Crippen LogP contribution in [-0.4, -0.2) is 62.1 Å². The van der Waals surface area contributed by atoms with Crippen molar-refractivity contribution in [2.75, 3.05) is 39.3 Å². The van der Waals surface area contributed by atoms with E-state index in [4.69, 9.17) is 10.5 Å². The fourth-order valence-electron chi connectivity index (χ4n) is 3.52. The van der Waals surface area contributed by atoms with E-state index in [1.807, 2.05) is 13.8 Å². The summed E-state index contributed by atoms with van der Waals surface area (Å²) in [6, 6.07) is 6.18. The Morgan fingerprint density at radius 2 is 2.19 bits per heavy atom. The molecule has 9 heteroatoms. The molecule has 1 amide bonds. The zero-order valence-electron chi connectivity index (χ0n) is 18.6. The minimum atomic E-state index is -0.309. The number of likely N-dealkylation sites (tertiary alicyclic amines) is 1. The van der Waals surface area contributed by atoms with Crippen LogP contribution in [0.2, 0.25) is 0 Å². The number of nitrogens with one attached hydrogen (secondary N) is 2. The van der Waals surface area contributed by atoms with E-state index in [-0.39, 0.29) is 47.7 Å². The van der Waals surface area contributed by atoms with Gasteiger partial charge in [0.1, 0.15) is 17.7 Å². The highest BCUT2D eigenvalue weighted by atomic mass is 127. The Labute approximate surface area is 202 Å². The SMILES string of the molecule is CCNC(=NCC(CC)Oc1cccc(F)c1)NCCCN1CCCC(C(N)=O)C1.I. The number of hydrogen-bond acceptors (Lipinski definition) is 4. The molecule has 0 radical (unpaired) electrons. The van der Waals surface area contributed by atoms with Gasteiger partial charge in [0, 0.05) is 25.7 Å². The first-order valence-corrected chi connectivity index (χ1v) is 11.0. The topological polar surface area (TPSA) is 92.0 Å². The van der Waals surface area contributed by atoms with E-state index in [1.54, 1.807) is 12.1 Å². The molecule has 1 aliphatic heterocycles. The summed E-state index contributed by atoms with van der Waals surface area (Å²) < 4.78 is 19.2. The second kappa shape index (κ2) is 15.2. The lowest BCUT2D eigenvalue weighted by Crippen LogP contribution is -2.43. The average molecular weight is 549 g/mol. The fraction of sp³-hybridized carbons (Fsp3) is 0.636. The number of halogens is 2. The third kappa shape index (κ3) is 10.5. The fourth-order valence-corrected chi connectivity index (χ4v) is 3.52. The van der Waals surface area contributed by atoms with Gasteiger partial charge in [-0.2, -0.15) is 0 Å². The number of nitrogens with zero attached hydrogens (tertiary/aromatic N) is 2. The van der Waals surface area contributed by atoms with Gasteiger partial charge >= 0.3 is 0 Å². The van der Waals surface area contributed by atoms with Crippen LogP contribution >= 0.6 is 24.0 Å². The van der Waals surface area contributed by atoms with E-state index in [1.165, 1.54) is 12.1 Å². The monoisotopic (exact) mass is 549 g/mol. The minimum absolute atomic E-state index is 0. The lowest BCUT2D eigenvalue weighted by atomic mass is 9.97. The number of guanidine groups is 1. The molecule has 1 heterocycles. The Balaban J connectivity index is 0.00000480. The first kappa shape index (κ1) is 27.4. The van der Waals surface area contributed by atoms with Crippen molar-refractivity contribution in [1.29, 1.82) is 0 Å². The summed E-state index contributed by atoms with van der Waals surface area (Å²) in [5, 5.41) is 6.60. The number of hydrogen-bond donors (Lipinski definition) is 3. The van der Waals surface area contributed by atoms with E-state index in [0.29, 0.717) is 12.3 Å². The summed E-state index contributed by atoms with van der Waals surface area (Å²) in [6.45, 7) is 8.79. The molecule has 0 aromatic heterocycles. The molecule has 0 bridgehead atoms. The highest BCUT2D eigenvalue weighted by Gasteiger charge is 2.23. The van der Waals surface area contributed by atoms with Crippen LogP contribution in [0.1, 0.15) is 39.5 Å². The molecule has 31 heavy (non-hydrogen) atoms. The van der Waals surface area contributed by atoms with E-state index < -0.39 is 0 Å². The van der Waals surface area contributed by atoms with E-state index in [0.717, 1.165) is 64.4 Å². The average Bonchev–Trinajstić information content (AvgIpc) is 2.74. The lowest BCUT2D eigenvalue weighted by Gasteiger charge is -2.31. The van der Waals surface area contributed by atoms with E-state index in [9.17, 15) is 9.18 Å². The molecule has 1 fully saturated rings. The number of ether oxygens (including phenoxy) is 1. The van der Waals surface area contributed by atoms with Crippen molar-refractivity contribution in [3.05, 3.63) is 30.1 Å². The lowest BCUT2D eigenvalue weighted by molar-refractivity contribution is -0.123. The molecule has 1 aromatic rings. The Hall–Kier alpha value is -1.62.